The Hall–Kier alpha value is -3.98. The van der Waals surface area contributed by atoms with E-state index in [0.29, 0.717) is 12.0 Å². The first kappa shape index (κ1) is 29.0. The van der Waals surface area contributed by atoms with Crippen LogP contribution >= 0.6 is 0 Å². The first-order chi connectivity index (χ1) is 19.1. The number of H-pyrrole nitrogens is 1. The van der Waals surface area contributed by atoms with Crippen LogP contribution in [0.1, 0.15) is 78.3 Å². The minimum absolute atomic E-state index is 0.0293. The van der Waals surface area contributed by atoms with Gasteiger partial charge in [-0.05, 0) is 61.9 Å². The number of nitrogens with zero attached hydrogens (tertiary/aromatic N) is 1. The van der Waals surface area contributed by atoms with Gasteiger partial charge in [-0.3, -0.25) is 23.9 Å². The number of hydrogen-bond donors (Lipinski definition) is 2. The highest BCUT2D eigenvalue weighted by Gasteiger charge is 2.38. The molecule has 3 aromatic rings. The smallest absolute Gasteiger partial charge is 0.330 e. The molecule has 1 fully saturated rings. The maximum absolute atomic E-state index is 13.0. The number of aromatic nitrogens is 2. The molecule has 0 saturated carbocycles. The quantitative estimate of drug-likeness (QED) is 0.390. The number of hydrogen-bond acceptors (Lipinski definition) is 6. The van der Waals surface area contributed by atoms with E-state index in [1.165, 1.54) is 21.9 Å². The van der Waals surface area contributed by atoms with E-state index in [2.05, 4.69) is 37.1 Å². The van der Waals surface area contributed by atoms with Crippen LogP contribution in [0.15, 0.2) is 58.3 Å². The van der Waals surface area contributed by atoms with Crippen LogP contribution in [0.2, 0.25) is 0 Å². The molecule has 212 valence electrons. The van der Waals surface area contributed by atoms with Crippen LogP contribution in [0, 0.1) is 27.7 Å². The second-order valence-corrected chi connectivity index (χ2v) is 10.4. The van der Waals surface area contributed by atoms with Gasteiger partial charge >= 0.3 is 11.7 Å². The normalized spacial score (nSPS) is 19.3. The van der Waals surface area contributed by atoms with E-state index in [-0.39, 0.29) is 31.2 Å². The zero-order valence-corrected chi connectivity index (χ0v) is 23.7. The maximum atomic E-state index is 13.0. The zero-order chi connectivity index (χ0) is 29.0. The first-order valence-electron chi connectivity index (χ1n) is 13.7. The molecule has 0 radical (unpaired) electrons. The van der Waals surface area contributed by atoms with Gasteiger partial charge < -0.3 is 14.8 Å². The van der Waals surface area contributed by atoms with Crippen molar-refractivity contribution in [2.24, 2.45) is 0 Å². The van der Waals surface area contributed by atoms with Gasteiger partial charge in [-0.25, -0.2) is 4.79 Å². The molecule has 1 aromatic heterocycles. The molecule has 0 spiro atoms. The number of ether oxygens (including phenoxy) is 2. The lowest BCUT2D eigenvalue weighted by molar-refractivity contribution is -0.153. The third-order valence-electron chi connectivity index (χ3n) is 7.73. The lowest BCUT2D eigenvalue weighted by atomic mass is 9.90. The molecule has 0 bridgehead atoms. The Kier molecular flexibility index (Phi) is 9.04. The third-order valence-corrected chi connectivity index (χ3v) is 7.73. The fraction of sp³-hybridized carbons (Fsp3) is 0.419. The Balaban J connectivity index is 1.40. The van der Waals surface area contributed by atoms with Crippen LogP contribution in [0.5, 0.6) is 0 Å². The van der Waals surface area contributed by atoms with Gasteiger partial charge in [0.25, 0.3) is 5.56 Å². The lowest BCUT2D eigenvalue weighted by Crippen LogP contribution is -2.33. The van der Waals surface area contributed by atoms with Crippen molar-refractivity contribution in [3.05, 3.63) is 103 Å². The van der Waals surface area contributed by atoms with Gasteiger partial charge in [0, 0.05) is 24.6 Å². The Morgan fingerprint density at radius 2 is 1.75 bits per heavy atom. The summed E-state index contributed by atoms with van der Waals surface area (Å²) in [7, 11) is 0. The summed E-state index contributed by atoms with van der Waals surface area (Å²) in [6, 6.07) is 13.5. The molecule has 1 aliphatic rings. The molecule has 1 amide bonds. The van der Waals surface area contributed by atoms with Gasteiger partial charge in [0.2, 0.25) is 5.91 Å². The van der Waals surface area contributed by atoms with Gasteiger partial charge in [0.1, 0.15) is 12.3 Å². The minimum Gasteiger partial charge on any atom is -0.459 e. The molecule has 9 nitrogen and oxygen atoms in total. The number of carbonyl (C=O) groups excluding carboxylic acids is 2. The van der Waals surface area contributed by atoms with Gasteiger partial charge in [-0.15, -0.1) is 0 Å². The van der Waals surface area contributed by atoms with E-state index < -0.39 is 35.7 Å². The van der Waals surface area contributed by atoms with E-state index in [0.717, 1.165) is 16.7 Å². The molecular weight excluding hydrogens is 510 g/mol. The minimum atomic E-state index is -0.665. The van der Waals surface area contributed by atoms with Crippen molar-refractivity contribution in [2.45, 2.75) is 84.8 Å². The van der Waals surface area contributed by atoms with Crippen molar-refractivity contribution < 1.29 is 19.1 Å². The second-order valence-electron chi connectivity index (χ2n) is 10.4. The molecule has 9 heteroatoms. The maximum Gasteiger partial charge on any atom is 0.330 e. The van der Waals surface area contributed by atoms with Crippen molar-refractivity contribution in [3.63, 3.8) is 0 Å². The number of amides is 1. The lowest BCUT2D eigenvalue weighted by Gasteiger charge is -2.23. The van der Waals surface area contributed by atoms with E-state index in [4.69, 9.17) is 9.47 Å². The van der Waals surface area contributed by atoms with Crippen LogP contribution in [0.4, 0.5) is 0 Å². The molecule has 0 aliphatic carbocycles. The summed E-state index contributed by atoms with van der Waals surface area (Å²) in [6.07, 6.45) is 0.531. The van der Waals surface area contributed by atoms with Crippen LogP contribution < -0.4 is 16.6 Å². The van der Waals surface area contributed by atoms with E-state index in [1.54, 1.807) is 6.92 Å². The molecule has 1 aliphatic heterocycles. The number of nitrogens with one attached hydrogen (secondary N) is 2. The van der Waals surface area contributed by atoms with Crippen LogP contribution in [0.3, 0.4) is 0 Å². The van der Waals surface area contributed by atoms with Crippen molar-refractivity contribution in [1.29, 1.82) is 0 Å². The molecule has 1 saturated heterocycles. The summed E-state index contributed by atoms with van der Waals surface area (Å²) in [5.74, 6) is -0.766. The molecular formula is C31H37N3O6. The highest BCUT2D eigenvalue weighted by atomic mass is 16.6. The molecule has 40 heavy (non-hydrogen) atoms. The highest BCUT2D eigenvalue weighted by molar-refractivity contribution is 5.82. The predicted molar refractivity (Wildman–Crippen MR) is 151 cm³/mol. The van der Waals surface area contributed by atoms with Crippen molar-refractivity contribution in [2.75, 3.05) is 0 Å². The van der Waals surface area contributed by atoms with Crippen LogP contribution in [0.25, 0.3) is 0 Å². The summed E-state index contributed by atoms with van der Waals surface area (Å²) < 4.78 is 13.0. The Labute approximate surface area is 233 Å². The number of rotatable bonds is 9. The number of aromatic amines is 1. The fourth-order valence-corrected chi connectivity index (χ4v) is 5.11. The van der Waals surface area contributed by atoms with E-state index in [9.17, 15) is 19.2 Å². The molecule has 4 unspecified atom stereocenters. The first-order valence-corrected chi connectivity index (χ1v) is 13.7. The molecule has 4 atom stereocenters. The summed E-state index contributed by atoms with van der Waals surface area (Å²) in [5, 5.41) is 3.11. The highest BCUT2D eigenvalue weighted by Crippen LogP contribution is 2.32. The van der Waals surface area contributed by atoms with Crippen molar-refractivity contribution in [1.82, 2.24) is 14.9 Å². The molecule has 2 N–H and O–H groups in total. The largest absolute Gasteiger partial charge is 0.459 e. The molecule has 2 heterocycles. The number of benzene rings is 2. The Morgan fingerprint density at radius 1 is 1.02 bits per heavy atom. The second kappa shape index (κ2) is 12.5. The van der Waals surface area contributed by atoms with Gasteiger partial charge in [-0.2, -0.15) is 0 Å². The van der Waals surface area contributed by atoms with Crippen LogP contribution in [-0.4, -0.2) is 33.6 Å². The summed E-state index contributed by atoms with van der Waals surface area (Å²) in [5.41, 5.74) is 4.81. The van der Waals surface area contributed by atoms with E-state index >= 15 is 0 Å². The van der Waals surface area contributed by atoms with Gasteiger partial charge in [0.05, 0.1) is 18.6 Å². The number of carbonyl (C=O) groups is 2. The summed E-state index contributed by atoms with van der Waals surface area (Å²) in [6.45, 7) is 9.70. The standard InChI is InChI=1S/C31H37N3O6/c1-6-24-25(16-27(39-24)34-17-19(3)30(37)33-31(34)38)40-28(36)15-14-26(35)32-29(22-10-8-7-9-11-22)23-13-12-18(2)20(4)21(23)5/h7-13,17,24-25,27,29H,6,14-16H2,1-5H3,(H,32,35)(H,33,37,38). The predicted octanol–water partition coefficient (Wildman–Crippen LogP) is 4.07. The number of esters is 1. The molecule has 4 rings (SSSR count). The van der Waals surface area contributed by atoms with Crippen LogP contribution in [-0.2, 0) is 19.1 Å². The Morgan fingerprint density at radius 3 is 2.45 bits per heavy atom. The average molecular weight is 548 g/mol. The monoisotopic (exact) mass is 547 g/mol. The molecule has 2 aromatic carbocycles. The fourth-order valence-electron chi connectivity index (χ4n) is 5.11. The van der Waals surface area contributed by atoms with Gasteiger partial charge in [-0.1, -0.05) is 49.4 Å². The van der Waals surface area contributed by atoms with E-state index in [1.807, 2.05) is 43.3 Å². The van der Waals surface area contributed by atoms with Crippen molar-refractivity contribution in [3.8, 4) is 0 Å². The zero-order valence-electron chi connectivity index (χ0n) is 23.7. The topological polar surface area (TPSA) is 119 Å². The number of aryl methyl sites for hydroxylation is 2. The van der Waals surface area contributed by atoms with Crippen molar-refractivity contribution >= 4 is 11.9 Å². The third kappa shape index (κ3) is 6.42. The summed E-state index contributed by atoms with van der Waals surface area (Å²) in [4.78, 5) is 52.1. The summed E-state index contributed by atoms with van der Waals surface area (Å²) >= 11 is 0. The average Bonchev–Trinajstić information content (AvgIpc) is 3.34. The SMILES string of the molecule is CCC1OC(n2cc(C)c(=O)[nH]c2=O)CC1OC(=O)CCC(=O)NC(c1ccccc1)c1ccc(C)c(C)c1C. The van der Waals surface area contributed by atoms with Gasteiger partial charge in [0.15, 0.2) is 0 Å². The Bertz CT molecular complexity index is 1490.